The zero-order valence-corrected chi connectivity index (χ0v) is 10.1. The molecule has 0 saturated carbocycles. The van der Waals surface area contributed by atoms with Crippen LogP contribution in [0.1, 0.15) is 11.4 Å². The average molecular weight is 250 g/mol. The van der Waals surface area contributed by atoms with Crippen LogP contribution < -0.4 is 0 Å². The van der Waals surface area contributed by atoms with Gasteiger partial charge in [-0.2, -0.15) is 8.75 Å². The highest BCUT2D eigenvalue weighted by atomic mass is 32.1. The summed E-state index contributed by atoms with van der Waals surface area (Å²) in [6.07, 6.45) is 3.55. The van der Waals surface area contributed by atoms with Gasteiger partial charge in [0.2, 0.25) is 0 Å². The second kappa shape index (κ2) is 6.24. The number of hydrogen-bond acceptors (Lipinski definition) is 6. The van der Waals surface area contributed by atoms with E-state index in [-0.39, 0.29) is 0 Å². The van der Waals surface area contributed by atoms with Crippen molar-refractivity contribution in [3.63, 3.8) is 0 Å². The van der Waals surface area contributed by atoms with Crippen molar-refractivity contribution < 1.29 is 0 Å². The van der Waals surface area contributed by atoms with Gasteiger partial charge in [-0.25, -0.2) is 0 Å². The van der Waals surface area contributed by atoms with E-state index in [0.717, 1.165) is 11.4 Å². The van der Waals surface area contributed by atoms with Crippen LogP contribution in [0.4, 0.5) is 0 Å². The van der Waals surface area contributed by atoms with E-state index in [1.165, 1.54) is 23.1 Å². The first-order chi connectivity index (χ1) is 7.95. The lowest BCUT2D eigenvalue weighted by Gasteiger charge is -1.87. The molecule has 0 radical (unpaired) electrons. The first-order valence-electron chi connectivity index (χ1n) is 4.75. The second-order valence-corrected chi connectivity index (χ2v) is 4.25. The van der Waals surface area contributed by atoms with E-state index in [1.807, 2.05) is 22.9 Å². The Balaban J connectivity index is 1.69. The molecule has 0 spiro atoms. The molecule has 6 heteroatoms. The van der Waals surface area contributed by atoms with Crippen LogP contribution in [0.2, 0.25) is 0 Å². The number of aliphatic imine (C=N–C) groups is 2. The molecule has 16 heavy (non-hydrogen) atoms. The van der Waals surface area contributed by atoms with Crippen molar-refractivity contribution in [1.82, 2.24) is 8.75 Å². The third kappa shape index (κ3) is 3.63. The summed E-state index contributed by atoms with van der Waals surface area (Å²) in [7, 11) is 0. The van der Waals surface area contributed by atoms with Gasteiger partial charge in [-0.15, -0.1) is 0 Å². The maximum absolute atomic E-state index is 4.22. The van der Waals surface area contributed by atoms with Crippen molar-refractivity contribution in [3.8, 4) is 0 Å². The molecule has 0 atom stereocenters. The predicted molar refractivity (Wildman–Crippen MR) is 69.2 cm³/mol. The number of hydrogen-bond donors (Lipinski definition) is 0. The molecule has 2 heterocycles. The quantitative estimate of drug-likeness (QED) is 0.603. The van der Waals surface area contributed by atoms with Crippen molar-refractivity contribution >= 4 is 35.5 Å². The van der Waals surface area contributed by atoms with Crippen LogP contribution in [0.5, 0.6) is 0 Å². The van der Waals surface area contributed by atoms with E-state index in [4.69, 9.17) is 0 Å². The van der Waals surface area contributed by atoms with Gasteiger partial charge in [-0.05, 0) is 35.2 Å². The molecule has 4 nitrogen and oxygen atoms in total. The van der Waals surface area contributed by atoms with Crippen LogP contribution in [-0.2, 0) is 0 Å². The van der Waals surface area contributed by atoms with Crippen LogP contribution >= 0.6 is 23.1 Å². The van der Waals surface area contributed by atoms with E-state index < -0.39 is 0 Å². The highest BCUT2D eigenvalue weighted by Gasteiger charge is 1.88. The van der Waals surface area contributed by atoms with Crippen LogP contribution in [-0.4, -0.2) is 34.3 Å². The monoisotopic (exact) mass is 250 g/mol. The van der Waals surface area contributed by atoms with E-state index in [1.54, 1.807) is 12.4 Å². The number of rotatable bonds is 5. The zero-order chi connectivity index (χ0) is 11.1. The second-order valence-electron chi connectivity index (χ2n) is 2.92. The van der Waals surface area contributed by atoms with Crippen LogP contribution in [0.15, 0.2) is 32.9 Å². The molecular weight excluding hydrogens is 240 g/mol. The average Bonchev–Trinajstić information content (AvgIpc) is 2.96. The number of aromatic nitrogens is 2. The normalized spacial score (nSPS) is 11.8. The summed E-state index contributed by atoms with van der Waals surface area (Å²) in [6.45, 7) is 1.36. The minimum Gasteiger partial charge on any atom is -0.289 e. The van der Waals surface area contributed by atoms with Gasteiger partial charge < -0.3 is 0 Å². The minimum atomic E-state index is 0.679. The fourth-order valence-corrected chi connectivity index (χ4v) is 1.99. The topological polar surface area (TPSA) is 50.5 Å². The summed E-state index contributed by atoms with van der Waals surface area (Å²) in [4.78, 5) is 8.44. The smallest absolute Gasteiger partial charge is 0.0946 e. The van der Waals surface area contributed by atoms with Gasteiger partial charge in [-0.1, -0.05) is 0 Å². The highest BCUT2D eigenvalue weighted by molar-refractivity contribution is 7.03. The lowest BCUT2D eigenvalue weighted by atomic mass is 10.5. The van der Waals surface area contributed by atoms with E-state index in [2.05, 4.69) is 18.7 Å². The first-order valence-corrected chi connectivity index (χ1v) is 6.43. The van der Waals surface area contributed by atoms with Crippen molar-refractivity contribution in [1.29, 1.82) is 0 Å². The van der Waals surface area contributed by atoms with Gasteiger partial charge >= 0.3 is 0 Å². The van der Waals surface area contributed by atoms with Crippen molar-refractivity contribution in [2.45, 2.75) is 0 Å². The van der Waals surface area contributed by atoms with Crippen molar-refractivity contribution in [3.05, 3.63) is 34.3 Å². The van der Waals surface area contributed by atoms with Crippen LogP contribution in [0.25, 0.3) is 0 Å². The molecule has 0 aliphatic carbocycles. The minimum absolute atomic E-state index is 0.679. The summed E-state index contributed by atoms with van der Waals surface area (Å²) in [5.74, 6) is 0. The Hall–Kier alpha value is -1.40. The molecule has 0 saturated heterocycles. The van der Waals surface area contributed by atoms with Gasteiger partial charge in [0.05, 0.1) is 24.5 Å². The Morgan fingerprint density at radius 3 is 1.81 bits per heavy atom. The maximum atomic E-state index is 4.22. The fraction of sp³-hybridized carbons (Fsp3) is 0.200. The molecule has 0 unspecified atom stereocenters. The van der Waals surface area contributed by atoms with E-state index in [9.17, 15) is 0 Å². The van der Waals surface area contributed by atoms with Gasteiger partial charge in [0.1, 0.15) is 0 Å². The highest BCUT2D eigenvalue weighted by Crippen LogP contribution is 1.96. The van der Waals surface area contributed by atoms with Gasteiger partial charge in [0, 0.05) is 23.2 Å². The SMILES string of the molecule is C(=N\CC/N=C/c1ccsn1)/c1ccsn1. The Kier molecular flexibility index (Phi) is 4.33. The van der Waals surface area contributed by atoms with Crippen molar-refractivity contribution in [2.24, 2.45) is 9.98 Å². The van der Waals surface area contributed by atoms with Crippen molar-refractivity contribution in [2.75, 3.05) is 13.1 Å². The molecule has 0 fully saturated rings. The lowest BCUT2D eigenvalue weighted by molar-refractivity contribution is 0.984. The summed E-state index contributed by atoms with van der Waals surface area (Å²) in [5.41, 5.74) is 1.82. The predicted octanol–water partition coefficient (Wildman–Crippen LogP) is 2.14. The molecule has 82 valence electrons. The Morgan fingerprint density at radius 1 is 0.938 bits per heavy atom. The zero-order valence-electron chi connectivity index (χ0n) is 8.48. The molecule has 2 aromatic rings. The molecule has 0 aromatic carbocycles. The summed E-state index contributed by atoms with van der Waals surface area (Å²) >= 11 is 2.86. The molecule has 2 aromatic heterocycles. The summed E-state index contributed by atoms with van der Waals surface area (Å²) in [6, 6.07) is 3.87. The largest absolute Gasteiger partial charge is 0.289 e. The Bertz CT molecular complexity index is 401. The van der Waals surface area contributed by atoms with E-state index >= 15 is 0 Å². The fourth-order valence-electron chi connectivity index (χ4n) is 1.01. The van der Waals surface area contributed by atoms with Gasteiger partial charge in [-0.3, -0.25) is 9.98 Å². The summed E-state index contributed by atoms with van der Waals surface area (Å²) < 4.78 is 8.24. The third-order valence-corrected chi connectivity index (χ3v) is 2.87. The number of nitrogens with zero attached hydrogens (tertiary/aromatic N) is 4. The third-order valence-electron chi connectivity index (χ3n) is 1.72. The molecule has 0 bridgehead atoms. The Labute approximate surface area is 102 Å². The molecule has 2 rings (SSSR count). The van der Waals surface area contributed by atoms with Gasteiger partial charge in [0.15, 0.2) is 0 Å². The molecule has 0 amide bonds. The van der Waals surface area contributed by atoms with Gasteiger partial charge in [0.25, 0.3) is 0 Å². The molecule has 0 N–H and O–H groups in total. The summed E-state index contributed by atoms with van der Waals surface area (Å²) in [5, 5.41) is 3.86. The molecule has 0 aliphatic heterocycles. The standard InChI is InChI=1S/C10H10N4S2/c1-5-15-13-9(1)7-11-3-4-12-8-10-2-6-16-14-10/h1-2,5-8H,3-4H2/b11-7+,12-8+. The van der Waals surface area contributed by atoms with E-state index in [0.29, 0.717) is 13.1 Å². The van der Waals surface area contributed by atoms with Crippen LogP contribution in [0.3, 0.4) is 0 Å². The molecule has 0 aliphatic rings. The maximum Gasteiger partial charge on any atom is 0.0946 e. The van der Waals surface area contributed by atoms with Crippen LogP contribution in [0, 0.1) is 0 Å². The molecular formula is C10H10N4S2. The Morgan fingerprint density at radius 2 is 1.44 bits per heavy atom. The lowest BCUT2D eigenvalue weighted by Crippen LogP contribution is -1.90. The first kappa shape index (κ1) is 11.1.